The number of carbonyl (C=O) groups excluding carboxylic acids is 1. The van der Waals surface area contributed by atoms with Crippen molar-refractivity contribution < 1.29 is 14.3 Å². The lowest BCUT2D eigenvalue weighted by Crippen LogP contribution is -2.42. The molecule has 1 aromatic rings. The lowest BCUT2D eigenvalue weighted by molar-refractivity contribution is -0.139. The standard InChI is InChI=1S/C25H42N2O3/c1-5-7-9-17-25(4,30-6-2)24(28)26-22-13-15-23(16-14-22)29-20-11-19-27-18-10-8-12-21(27)3/h13-16,21H,5-12,17-20H2,1-4H3,(H,26,28)/t21-,25-/m0/s1. The molecule has 0 aromatic heterocycles. The van der Waals surface area contributed by atoms with E-state index in [1.165, 1.54) is 25.8 Å². The molecule has 0 radical (unpaired) electrons. The Morgan fingerprint density at radius 3 is 2.60 bits per heavy atom. The Kier molecular flexibility index (Phi) is 10.7. The Morgan fingerprint density at radius 2 is 1.93 bits per heavy atom. The van der Waals surface area contributed by atoms with Crippen molar-refractivity contribution in [1.82, 2.24) is 4.90 Å². The van der Waals surface area contributed by atoms with Crippen molar-refractivity contribution in [2.24, 2.45) is 0 Å². The molecule has 2 atom stereocenters. The number of amides is 1. The molecule has 5 nitrogen and oxygen atoms in total. The fourth-order valence-electron chi connectivity index (χ4n) is 4.13. The summed E-state index contributed by atoms with van der Waals surface area (Å²) in [7, 11) is 0. The monoisotopic (exact) mass is 418 g/mol. The minimum absolute atomic E-state index is 0.0789. The fourth-order valence-corrected chi connectivity index (χ4v) is 4.13. The van der Waals surface area contributed by atoms with Crippen molar-refractivity contribution in [1.29, 1.82) is 0 Å². The van der Waals surface area contributed by atoms with Gasteiger partial charge in [0, 0.05) is 24.9 Å². The minimum Gasteiger partial charge on any atom is -0.494 e. The molecule has 1 aromatic carbocycles. The van der Waals surface area contributed by atoms with Crippen molar-refractivity contribution >= 4 is 11.6 Å². The van der Waals surface area contributed by atoms with Crippen LogP contribution < -0.4 is 10.1 Å². The highest BCUT2D eigenvalue weighted by Crippen LogP contribution is 2.23. The van der Waals surface area contributed by atoms with E-state index in [0.717, 1.165) is 56.7 Å². The van der Waals surface area contributed by atoms with Crippen LogP contribution in [0.1, 0.15) is 79.1 Å². The van der Waals surface area contributed by atoms with Crippen molar-refractivity contribution in [3.63, 3.8) is 0 Å². The van der Waals surface area contributed by atoms with Crippen LogP contribution in [-0.4, -0.2) is 48.8 Å². The van der Waals surface area contributed by atoms with Crippen LogP contribution in [0, 0.1) is 0 Å². The number of piperidine rings is 1. The van der Waals surface area contributed by atoms with Crippen LogP contribution in [0.4, 0.5) is 5.69 Å². The molecule has 0 aliphatic carbocycles. The number of nitrogens with one attached hydrogen (secondary N) is 1. The largest absolute Gasteiger partial charge is 0.494 e. The Labute approximate surface area is 183 Å². The number of nitrogens with zero attached hydrogens (tertiary/aromatic N) is 1. The van der Waals surface area contributed by atoms with Gasteiger partial charge in [0.2, 0.25) is 0 Å². The van der Waals surface area contributed by atoms with E-state index < -0.39 is 5.60 Å². The van der Waals surface area contributed by atoms with Gasteiger partial charge in [0.1, 0.15) is 11.4 Å². The molecule has 5 heteroatoms. The predicted octanol–water partition coefficient (Wildman–Crippen LogP) is 5.64. The van der Waals surface area contributed by atoms with Gasteiger partial charge >= 0.3 is 0 Å². The summed E-state index contributed by atoms with van der Waals surface area (Å²) < 4.78 is 11.7. The van der Waals surface area contributed by atoms with Gasteiger partial charge in [-0.15, -0.1) is 0 Å². The maximum atomic E-state index is 12.8. The first-order valence-electron chi connectivity index (χ1n) is 11.9. The number of hydrogen-bond acceptors (Lipinski definition) is 4. The van der Waals surface area contributed by atoms with Gasteiger partial charge in [-0.1, -0.05) is 32.6 Å². The van der Waals surface area contributed by atoms with E-state index in [4.69, 9.17) is 9.47 Å². The summed E-state index contributed by atoms with van der Waals surface area (Å²) in [4.78, 5) is 15.4. The van der Waals surface area contributed by atoms with E-state index in [0.29, 0.717) is 12.6 Å². The zero-order valence-corrected chi connectivity index (χ0v) is 19.5. The number of carbonyl (C=O) groups is 1. The molecule has 0 unspecified atom stereocenters. The first kappa shape index (κ1) is 24.7. The van der Waals surface area contributed by atoms with Gasteiger partial charge in [0.15, 0.2) is 0 Å². The summed E-state index contributed by atoms with van der Waals surface area (Å²) in [6.45, 7) is 11.9. The first-order chi connectivity index (χ1) is 14.5. The van der Waals surface area contributed by atoms with Crippen LogP contribution in [-0.2, 0) is 9.53 Å². The third-order valence-electron chi connectivity index (χ3n) is 6.11. The third kappa shape index (κ3) is 7.92. The summed E-state index contributed by atoms with van der Waals surface area (Å²) in [5.74, 6) is 0.764. The molecule has 0 spiro atoms. The Morgan fingerprint density at radius 1 is 1.17 bits per heavy atom. The molecule has 1 heterocycles. The first-order valence-corrected chi connectivity index (χ1v) is 11.9. The van der Waals surface area contributed by atoms with Crippen LogP contribution in [0.15, 0.2) is 24.3 Å². The highest BCUT2D eigenvalue weighted by molar-refractivity contribution is 5.97. The molecule has 2 rings (SSSR count). The van der Waals surface area contributed by atoms with Gasteiger partial charge in [-0.2, -0.15) is 0 Å². The van der Waals surface area contributed by atoms with E-state index in [1.807, 2.05) is 38.1 Å². The van der Waals surface area contributed by atoms with Gasteiger partial charge in [-0.25, -0.2) is 0 Å². The number of hydrogen-bond donors (Lipinski definition) is 1. The zero-order chi connectivity index (χ0) is 21.8. The number of unbranched alkanes of at least 4 members (excludes halogenated alkanes) is 2. The van der Waals surface area contributed by atoms with E-state index >= 15 is 0 Å². The molecule has 170 valence electrons. The average molecular weight is 419 g/mol. The molecular weight excluding hydrogens is 376 g/mol. The number of rotatable bonds is 13. The SMILES string of the molecule is CCCCC[C@](C)(OCC)C(=O)Nc1ccc(OCCCN2CCCC[C@@H]2C)cc1. The molecule has 0 saturated carbocycles. The Balaban J connectivity index is 1.77. The van der Waals surface area contributed by atoms with Gasteiger partial charge in [-0.05, 0) is 77.3 Å². The third-order valence-corrected chi connectivity index (χ3v) is 6.11. The molecule has 0 bridgehead atoms. The van der Waals surface area contributed by atoms with E-state index in [1.54, 1.807) is 0 Å². The molecule has 1 saturated heterocycles. The summed E-state index contributed by atoms with van der Waals surface area (Å²) in [6.07, 6.45) is 8.99. The number of benzene rings is 1. The van der Waals surface area contributed by atoms with Crippen LogP contribution in [0.3, 0.4) is 0 Å². The van der Waals surface area contributed by atoms with E-state index in [-0.39, 0.29) is 5.91 Å². The summed E-state index contributed by atoms with van der Waals surface area (Å²) in [5.41, 5.74) is -0.0130. The second-order valence-corrected chi connectivity index (χ2v) is 8.68. The fraction of sp³-hybridized carbons (Fsp3) is 0.720. The topological polar surface area (TPSA) is 50.8 Å². The van der Waals surface area contributed by atoms with Gasteiger partial charge < -0.3 is 19.7 Å². The van der Waals surface area contributed by atoms with Crippen LogP contribution >= 0.6 is 0 Å². The second-order valence-electron chi connectivity index (χ2n) is 8.68. The van der Waals surface area contributed by atoms with Crippen LogP contribution in [0.5, 0.6) is 5.75 Å². The van der Waals surface area contributed by atoms with Gasteiger partial charge in [0.05, 0.1) is 6.61 Å². The molecule has 1 aliphatic heterocycles. The quantitative estimate of drug-likeness (QED) is 0.421. The molecule has 1 fully saturated rings. The molecule has 30 heavy (non-hydrogen) atoms. The lowest BCUT2D eigenvalue weighted by Gasteiger charge is -2.33. The normalized spacial score (nSPS) is 19.3. The highest BCUT2D eigenvalue weighted by Gasteiger charge is 2.33. The maximum Gasteiger partial charge on any atom is 0.256 e. The summed E-state index contributed by atoms with van der Waals surface area (Å²) in [6, 6.07) is 8.35. The minimum atomic E-state index is -0.787. The Bertz CT molecular complexity index is 619. The number of ether oxygens (including phenoxy) is 2. The number of anilines is 1. The van der Waals surface area contributed by atoms with E-state index in [2.05, 4.69) is 24.1 Å². The Hall–Kier alpha value is -1.59. The molecular formula is C25H42N2O3. The van der Waals surface area contributed by atoms with Crippen molar-refractivity contribution in [2.75, 3.05) is 31.6 Å². The molecule has 1 aliphatic rings. The van der Waals surface area contributed by atoms with Gasteiger partial charge in [0.25, 0.3) is 5.91 Å². The average Bonchev–Trinajstić information content (AvgIpc) is 2.74. The number of likely N-dealkylation sites (tertiary alicyclic amines) is 1. The van der Waals surface area contributed by atoms with Crippen molar-refractivity contribution in [3.8, 4) is 5.75 Å². The summed E-state index contributed by atoms with van der Waals surface area (Å²) >= 11 is 0. The zero-order valence-electron chi connectivity index (χ0n) is 19.5. The molecule has 1 amide bonds. The smallest absolute Gasteiger partial charge is 0.256 e. The molecule has 1 N–H and O–H groups in total. The summed E-state index contributed by atoms with van der Waals surface area (Å²) in [5, 5.41) is 3.01. The lowest BCUT2D eigenvalue weighted by atomic mass is 9.96. The van der Waals surface area contributed by atoms with Crippen molar-refractivity contribution in [2.45, 2.75) is 90.7 Å². The van der Waals surface area contributed by atoms with Gasteiger partial charge in [-0.3, -0.25) is 4.79 Å². The van der Waals surface area contributed by atoms with Crippen molar-refractivity contribution in [3.05, 3.63) is 24.3 Å². The van der Waals surface area contributed by atoms with E-state index in [9.17, 15) is 4.79 Å². The van der Waals surface area contributed by atoms with Crippen LogP contribution in [0.2, 0.25) is 0 Å². The highest BCUT2D eigenvalue weighted by atomic mass is 16.5. The second kappa shape index (κ2) is 13.0. The van der Waals surface area contributed by atoms with Crippen LogP contribution in [0.25, 0.3) is 0 Å². The maximum absolute atomic E-state index is 12.8. The predicted molar refractivity (Wildman–Crippen MR) is 124 cm³/mol.